The van der Waals surface area contributed by atoms with Crippen LogP contribution in [0.4, 0.5) is 0 Å². The number of Topliss-reactive ketones (excluding diaryl/α,β-unsaturated/α-hetero) is 1. The number of ketones is 1. The fourth-order valence-electron chi connectivity index (χ4n) is 9.57. The third-order valence-corrected chi connectivity index (χ3v) is 11.1. The van der Waals surface area contributed by atoms with Crippen LogP contribution in [-0.4, -0.2) is 34.5 Å². The van der Waals surface area contributed by atoms with Gasteiger partial charge in [0.05, 0.1) is 6.61 Å². The molecule has 4 aliphatic rings. The minimum absolute atomic E-state index is 0.133. The first-order chi connectivity index (χ1) is 16.4. The molecule has 34 heavy (non-hydrogen) atoms. The summed E-state index contributed by atoms with van der Waals surface area (Å²) in [6.07, 6.45) is 11.5. The minimum atomic E-state index is 0.133. The minimum Gasteiger partial charge on any atom is -0.384 e. The van der Waals surface area contributed by atoms with E-state index in [-0.39, 0.29) is 11.3 Å². The van der Waals surface area contributed by atoms with Gasteiger partial charge >= 0.3 is 0 Å². The Bertz CT molecular complexity index is 1030. The molecule has 8 atom stereocenters. The predicted octanol–water partition coefficient (Wildman–Crippen LogP) is 5.92. The summed E-state index contributed by atoms with van der Waals surface area (Å²) in [7, 11) is 1.91. The molecule has 8 unspecified atom stereocenters. The molecule has 1 heterocycles. The maximum absolute atomic E-state index is 13.6. The van der Waals surface area contributed by atoms with Crippen molar-refractivity contribution < 1.29 is 9.53 Å². The Balaban J connectivity index is 1.23. The smallest absolute Gasteiger partial charge is 0.159 e. The van der Waals surface area contributed by atoms with Gasteiger partial charge in [0.2, 0.25) is 0 Å². The predicted molar refractivity (Wildman–Crippen MR) is 133 cm³/mol. The molecule has 1 aromatic heterocycles. The fourth-order valence-corrected chi connectivity index (χ4v) is 9.57. The van der Waals surface area contributed by atoms with E-state index in [2.05, 4.69) is 24.0 Å². The van der Waals surface area contributed by atoms with Crippen LogP contribution in [-0.2, 0) is 16.1 Å². The van der Waals surface area contributed by atoms with E-state index in [0.717, 1.165) is 47.7 Å². The lowest BCUT2D eigenvalue weighted by Gasteiger charge is -2.61. The number of methoxy groups -OCH3 is 1. The van der Waals surface area contributed by atoms with Gasteiger partial charge in [-0.05, 0) is 104 Å². The summed E-state index contributed by atoms with van der Waals surface area (Å²) >= 11 is 0. The average Bonchev–Trinajstić information content (AvgIpc) is 3.39. The first-order valence-electron chi connectivity index (χ1n) is 13.8. The van der Waals surface area contributed by atoms with Crippen molar-refractivity contribution in [1.29, 1.82) is 0 Å². The first kappa shape index (κ1) is 22.7. The highest BCUT2D eigenvalue weighted by molar-refractivity contribution is 5.82. The standard InChI is InChI=1S/C29H41N3O2/c1-19-12-15-29(18-34-3)20(16-19)8-9-21-22-10-11-24(28(22,2)14-13-23(21)29)27(33)17-32-30-25-6-4-5-7-26(25)31-32/h4-7,19-24H,8-18H2,1-3H3. The highest BCUT2D eigenvalue weighted by atomic mass is 16.5. The van der Waals surface area contributed by atoms with Crippen molar-refractivity contribution in [2.24, 2.45) is 46.3 Å². The van der Waals surface area contributed by atoms with Crippen LogP contribution in [0.1, 0.15) is 71.6 Å². The molecule has 0 saturated heterocycles. The third kappa shape index (κ3) is 3.40. The summed E-state index contributed by atoms with van der Waals surface area (Å²) in [5.41, 5.74) is 2.25. The molecule has 1 aromatic carbocycles. The van der Waals surface area contributed by atoms with Crippen LogP contribution in [0.5, 0.6) is 0 Å². The molecule has 0 aliphatic heterocycles. The second-order valence-electron chi connectivity index (χ2n) is 12.6. The van der Waals surface area contributed by atoms with Crippen LogP contribution in [0, 0.1) is 46.3 Å². The molecule has 4 saturated carbocycles. The maximum Gasteiger partial charge on any atom is 0.159 e. The second kappa shape index (κ2) is 8.43. The van der Waals surface area contributed by atoms with Crippen LogP contribution in [0.15, 0.2) is 24.3 Å². The molecule has 184 valence electrons. The number of aromatic nitrogens is 3. The van der Waals surface area contributed by atoms with Crippen LogP contribution in [0.3, 0.4) is 0 Å². The van der Waals surface area contributed by atoms with Crippen molar-refractivity contribution in [2.75, 3.05) is 13.7 Å². The number of carbonyl (C=O) groups is 1. The Hall–Kier alpha value is -1.75. The Labute approximate surface area is 204 Å². The van der Waals surface area contributed by atoms with Gasteiger partial charge in [0, 0.05) is 13.0 Å². The molecular formula is C29H41N3O2. The van der Waals surface area contributed by atoms with Gasteiger partial charge in [-0.3, -0.25) is 4.79 Å². The molecule has 5 heteroatoms. The number of carbonyl (C=O) groups excluding carboxylic acids is 1. The summed E-state index contributed by atoms with van der Waals surface area (Å²) in [4.78, 5) is 15.3. The first-order valence-corrected chi connectivity index (χ1v) is 13.8. The van der Waals surface area contributed by atoms with E-state index in [9.17, 15) is 4.79 Å². The SMILES string of the molecule is COCC12CCC(C)CC1CCC1C3CCC(C(=O)Cn4nc5ccccc5n4)C3(C)CCC12. The summed E-state index contributed by atoms with van der Waals surface area (Å²) in [6.45, 7) is 6.15. The van der Waals surface area contributed by atoms with Crippen LogP contribution in [0.25, 0.3) is 11.0 Å². The molecule has 4 fully saturated rings. The molecular weight excluding hydrogens is 422 g/mol. The number of benzene rings is 1. The van der Waals surface area contributed by atoms with Gasteiger partial charge in [0.15, 0.2) is 5.78 Å². The summed E-state index contributed by atoms with van der Waals surface area (Å²) in [6, 6.07) is 7.88. The zero-order valence-corrected chi connectivity index (χ0v) is 21.2. The fraction of sp³-hybridized carbons (Fsp3) is 0.759. The Morgan fingerprint density at radius 1 is 1.03 bits per heavy atom. The van der Waals surface area contributed by atoms with E-state index < -0.39 is 0 Å². The molecule has 0 N–H and O–H groups in total. The highest BCUT2D eigenvalue weighted by Gasteiger charge is 2.62. The van der Waals surface area contributed by atoms with Crippen molar-refractivity contribution in [3.63, 3.8) is 0 Å². The monoisotopic (exact) mass is 463 g/mol. The van der Waals surface area contributed by atoms with Crippen LogP contribution >= 0.6 is 0 Å². The number of ether oxygens (including phenoxy) is 1. The molecule has 5 nitrogen and oxygen atoms in total. The van der Waals surface area contributed by atoms with Gasteiger partial charge in [-0.15, -0.1) is 0 Å². The number of nitrogens with zero attached hydrogens (tertiary/aromatic N) is 3. The van der Waals surface area contributed by atoms with E-state index in [0.29, 0.717) is 23.7 Å². The highest BCUT2D eigenvalue weighted by Crippen LogP contribution is 2.68. The van der Waals surface area contributed by atoms with Crippen molar-refractivity contribution >= 4 is 16.8 Å². The van der Waals surface area contributed by atoms with Gasteiger partial charge in [0.25, 0.3) is 0 Å². The molecule has 4 aliphatic carbocycles. The third-order valence-electron chi connectivity index (χ3n) is 11.1. The molecule has 0 amide bonds. The molecule has 2 aromatic rings. The molecule has 6 rings (SSSR count). The lowest BCUT2D eigenvalue weighted by atomic mass is 9.44. The van der Waals surface area contributed by atoms with Gasteiger partial charge < -0.3 is 4.74 Å². The van der Waals surface area contributed by atoms with Crippen LogP contribution < -0.4 is 0 Å². The van der Waals surface area contributed by atoms with Gasteiger partial charge in [-0.25, -0.2) is 0 Å². The van der Waals surface area contributed by atoms with E-state index in [4.69, 9.17) is 4.74 Å². The quantitative estimate of drug-likeness (QED) is 0.552. The van der Waals surface area contributed by atoms with Crippen molar-refractivity contribution in [3.05, 3.63) is 24.3 Å². The average molecular weight is 464 g/mol. The van der Waals surface area contributed by atoms with Gasteiger partial charge in [0.1, 0.15) is 17.6 Å². The van der Waals surface area contributed by atoms with E-state index in [1.165, 1.54) is 51.4 Å². The zero-order chi connectivity index (χ0) is 23.5. The second-order valence-corrected chi connectivity index (χ2v) is 12.6. The topological polar surface area (TPSA) is 57.0 Å². The molecule has 0 bridgehead atoms. The lowest BCUT2D eigenvalue weighted by Crippen LogP contribution is -2.56. The maximum atomic E-state index is 13.6. The number of hydrogen-bond donors (Lipinski definition) is 0. The summed E-state index contributed by atoms with van der Waals surface area (Å²) < 4.78 is 5.94. The van der Waals surface area contributed by atoms with Crippen molar-refractivity contribution in [3.8, 4) is 0 Å². The van der Waals surface area contributed by atoms with Crippen LogP contribution in [0.2, 0.25) is 0 Å². The van der Waals surface area contributed by atoms with E-state index in [1.807, 2.05) is 31.4 Å². The van der Waals surface area contributed by atoms with Gasteiger partial charge in [-0.2, -0.15) is 15.0 Å². The molecule has 0 spiro atoms. The lowest BCUT2D eigenvalue weighted by molar-refractivity contribution is -0.154. The summed E-state index contributed by atoms with van der Waals surface area (Å²) in [5.74, 6) is 4.41. The normalized spacial score (nSPS) is 41.6. The largest absolute Gasteiger partial charge is 0.384 e. The number of fused-ring (bicyclic) bond motifs is 6. The number of rotatable bonds is 5. The Morgan fingerprint density at radius 2 is 1.79 bits per heavy atom. The van der Waals surface area contributed by atoms with Gasteiger partial charge in [-0.1, -0.05) is 32.4 Å². The summed E-state index contributed by atoms with van der Waals surface area (Å²) in [5, 5.41) is 9.14. The van der Waals surface area contributed by atoms with Crippen molar-refractivity contribution in [2.45, 2.75) is 78.2 Å². The van der Waals surface area contributed by atoms with E-state index in [1.54, 1.807) is 4.80 Å². The number of hydrogen-bond acceptors (Lipinski definition) is 4. The molecule has 0 radical (unpaired) electrons. The van der Waals surface area contributed by atoms with Crippen molar-refractivity contribution in [1.82, 2.24) is 15.0 Å². The van der Waals surface area contributed by atoms with E-state index >= 15 is 0 Å². The Morgan fingerprint density at radius 3 is 2.53 bits per heavy atom. The zero-order valence-electron chi connectivity index (χ0n) is 21.2. The Kier molecular flexibility index (Phi) is 5.63.